The topological polar surface area (TPSA) is 48.0 Å². The zero-order valence-corrected chi connectivity index (χ0v) is 14.9. The van der Waals surface area contributed by atoms with Gasteiger partial charge in [-0.3, -0.25) is 0 Å². The van der Waals surface area contributed by atoms with Gasteiger partial charge in [0.1, 0.15) is 5.65 Å². The smallest absolute Gasteiger partial charge is 0.191 e. The maximum Gasteiger partial charge on any atom is 0.191 e. The molecule has 0 aliphatic carbocycles. The molecule has 0 unspecified atom stereocenters. The van der Waals surface area contributed by atoms with Crippen LogP contribution in [0.4, 0.5) is 0 Å². The summed E-state index contributed by atoms with van der Waals surface area (Å²) in [6, 6.07) is 10.2. The number of hydrogen-bond acceptors (Lipinski definition) is 5. The van der Waals surface area contributed by atoms with Gasteiger partial charge in [-0.2, -0.15) is 0 Å². The van der Waals surface area contributed by atoms with E-state index in [2.05, 4.69) is 50.4 Å². The van der Waals surface area contributed by atoms with Gasteiger partial charge in [-0.1, -0.05) is 30.8 Å². The molecule has 0 radical (unpaired) electrons. The molecule has 4 heterocycles. The maximum atomic E-state index is 4.65. The Bertz CT molecular complexity index is 906. The Kier molecular flexibility index (Phi) is 4.36. The van der Waals surface area contributed by atoms with Gasteiger partial charge in [0.05, 0.1) is 10.6 Å². The molecule has 4 rings (SSSR count). The van der Waals surface area contributed by atoms with E-state index in [9.17, 15) is 0 Å². The summed E-state index contributed by atoms with van der Waals surface area (Å²) in [7, 11) is 0. The van der Waals surface area contributed by atoms with Gasteiger partial charge in [-0.25, -0.2) is 4.98 Å². The number of thioether (sulfide) groups is 1. The van der Waals surface area contributed by atoms with Crippen LogP contribution in [0, 0.1) is 0 Å². The lowest BCUT2D eigenvalue weighted by molar-refractivity contribution is 0.627. The quantitative estimate of drug-likeness (QED) is 0.482. The number of hydrogen-bond donors (Lipinski definition) is 0. The van der Waals surface area contributed by atoms with Crippen LogP contribution in [0.5, 0.6) is 0 Å². The first-order valence-electron chi connectivity index (χ1n) is 7.87. The van der Waals surface area contributed by atoms with Gasteiger partial charge in [0, 0.05) is 24.7 Å². The molecule has 5 nitrogen and oxygen atoms in total. The molecule has 0 amide bonds. The van der Waals surface area contributed by atoms with Crippen molar-refractivity contribution in [3.8, 4) is 10.7 Å². The zero-order valence-electron chi connectivity index (χ0n) is 13.3. The summed E-state index contributed by atoms with van der Waals surface area (Å²) in [5.74, 6) is 1.75. The first kappa shape index (κ1) is 15.4. The standard InChI is InChI=1S/C17H17N5S2/c1-2-8-22-16(14-6-5-10-23-14)19-20-17(22)24-12-13-11-21-9-4-3-7-15(21)18-13/h3-7,9-11H,2,8,12H2,1H3. The number of imidazole rings is 1. The highest BCUT2D eigenvalue weighted by Crippen LogP contribution is 2.29. The average molecular weight is 355 g/mol. The van der Waals surface area contributed by atoms with Crippen LogP contribution in [0.25, 0.3) is 16.3 Å². The number of thiophene rings is 1. The third-order valence-corrected chi connectivity index (χ3v) is 5.53. The van der Waals surface area contributed by atoms with Crippen molar-refractivity contribution in [2.75, 3.05) is 0 Å². The van der Waals surface area contributed by atoms with Gasteiger partial charge in [0.25, 0.3) is 0 Å². The molecule has 4 aromatic rings. The van der Waals surface area contributed by atoms with Crippen molar-refractivity contribution in [1.82, 2.24) is 24.1 Å². The van der Waals surface area contributed by atoms with Crippen LogP contribution in [0.1, 0.15) is 19.0 Å². The molecular formula is C17H17N5S2. The largest absolute Gasteiger partial charge is 0.307 e. The van der Waals surface area contributed by atoms with Crippen LogP contribution in [0.2, 0.25) is 0 Å². The fourth-order valence-electron chi connectivity index (χ4n) is 2.60. The van der Waals surface area contributed by atoms with Gasteiger partial charge >= 0.3 is 0 Å². The minimum absolute atomic E-state index is 0.786. The SMILES string of the molecule is CCCn1c(SCc2cn3ccccc3n2)nnc1-c1cccs1. The average Bonchev–Trinajstić information content (AvgIpc) is 3.32. The van der Waals surface area contributed by atoms with E-state index in [1.165, 1.54) is 0 Å². The fraction of sp³-hybridized carbons (Fsp3) is 0.235. The third kappa shape index (κ3) is 2.97. The molecule has 0 atom stereocenters. The van der Waals surface area contributed by atoms with Gasteiger partial charge < -0.3 is 8.97 Å². The monoisotopic (exact) mass is 355 g/mol. The maximum absolute atomic E-state index is 4.65. The summed E-state index contributed by atoms with van der Waals surface area (Å²) in [5.41, 5.74) is 2.03. The molecule has 0 aliphatic rings. The van der Waals surface area contributed by atoms with Crippen molar-refractivity contribution in [3.63, 3.8) is 0 Å². The molecule has 24 heavy (non-hydrogen) atoms. The van der Waals surface area contributed by atoms with Crippen LogP contribution in [0.3, 0.4) is 0 Å². The molecular weight excluding hydrogens is 338 g/mol. The van der Waals surface area contributed by atoms with Crippen molar-refractivity contribution < 1.29 is 0 Å². The normalized spacial score (nSPS) is 11.4. The minimum Gasteiger partial charge on any atom is -0.307 e. The van der Waals surface area contributed by atoms with E-state index in [1.807, 2.05) is 28.8 Å². The number of nitrogens with zero attached hydrogens (tertiary/aromatic N) is 5. The lowest BCUT2D eigenvalue weighted by atomic mass is 10.4. The highest BCUT2D eigenvalue weighted by Gasteiger charge is 2.15. The summed E-state index contributed by atoms with van der Waals surface area (Å²) in [5, 5.41) is 11.8. The van der Waals surface area contributed by atoms with Crippen molar-refractivity contribution in [2.45, 2.75) is 30.8 Å². The van der Waals surface area contributed by atoms with Crippen molar-refractivity contribution in [2.24, 2.45) is 0 Å². The predicted molar refractivity (Wildman–Crippen MR) is 98.4 cm³/mol. The van der Waals surface area contributed by atoms with Crippen molar-refractivity contribution >= 4 is 28.7 Å². The minimum atomic E-state index is 0.786. The summed E-state index contributed by atoms with van der Waals surface area (Å²) in [6.45, 7) is 3.10. The zero-order chi connectivity index (χ0) is 16.4. The van der Waals surface area contributed by atoms with Crippen LogP contribution in [-0.4, -0.2) is 24.1 Å². The second kappa shape index (κ2) is 6.78. The van der Waals surface area contributed by atoms with Crippen LogP contribution >= 0.6 is 23.1 Å². The summed E-state index contributed by atoms with van der Waals surface area (Å²) < 4.78 is 4.26. The Hall–Kier alpha value is -2.12. The Labute approximate surface area is 148 Å². The van der Waals surface area contributed by atoms with E-state index >= 15 is 0 Å². The summed E-state index contributed by atoms with van der Waals surface area (Å²) >= 11 is 3.39. The van der Waals surface area contributed by atoms with E-state index in [4.69, 9.17) is 0 Å². The number of fused-ring (bicyclic) bond motifs is 1. The van der Waals surface area contributed by atoms with Crippen molar-refractivity contribution in [1.29, 1.82) is 0 Å². The van der Waals surface area contributed by atoms with Gasteiger partial charge in [0.2, 0.25) is 0 Å². The molecule has 7 heteroatoms. The fourth-order valence-corrected chi connectivity index (χ4v) is 4.17. The molecule has 4 aromatic heterocycles. The molecule has 0 saturated carbocycles. The predicted octanol–water partition coefficient (Wildman–Crippen LogP) is 4.36. The second-order valence-electron chi connectivity index (χ2n) is 5.42. The van der Waals surface area contributed by atoms with E-state index in [0.29, 0.717) is 0 Å². The Morgan fingerprint density at radius 3 is 2.92 bits per heavy atom. The number of pyridine rings is 1. The lowest BCUT2D eigenvalue weighted by Gasteiger charge is -2.07. The first-order chi connectivity index (χ1) is 11.8. The molecule has 0 N–H and O–H groups in total. The van der Waals surface area contributed by atoms with E-state index < -0.39 is 0 Å². The van der Waals surface area contributed by atoms with E-state index in [0.717, 1.165) is 45.9 Å². The Morgan fingerprint density at radius 1 is 1.17 bits per heavy atom. The third-order valence-electron chi connectivity index (χ3n) is 3.67. The Morgan fingerprint density at radius 2 is 2.12 bits per heavy atom. The van der Waals surface area contributed by atoms with Crippen LogP contribution in [0.15, 0.2) is 53.3 Å². The Balaban J connectivity index is 1.57. The molecule has 0 aromatic carbocycles. The molecule has 122 valence electrons. The van der Waals surface area contributed by atoms with Gasteiger partial charge in [0.15, 0.2) is 11.0 Å². The summed E-state index contributed by atoms with van der Waals surface area (Å²) in [4.78, 5) is 5.81. The molecule has 0 fully saturated rings. The van der Waals surface area contributed by atoms with Crippen molar-refractivity contribution in [3.05, 3.63) is 53.8 Å². The molecule has 0 aliphatic heterocycles. The van der Waals surface area contributed by atoms with E-state index in [1.54, 1.807) is 23.1 Å². The van der Waals surface area contributed by atoms with Gasteiger partial charge in [-0.05, 0) is 30.0 Å². The van der Waals surface area contributed by atoms with E-state index in [-0.39, 0.29) is 0 Å². The molecule has 0 bridgehead atoms. The van der Waals surface area contributed by atoms with Crippen LogP contribution < -0.4 is 0 Å². The second-order valence-corrected chi connectivity index (χ2v) is 7.31. The molecule has 0 saturated heterocycles. The molecule has 0 spiro atoms. The number of rotatable bonds is 6. The highest BCUT2D eigenvalue weighted by molar-refractivity contribution is 7.98. The van der Waals surface area contributed by atoms with Crippen LogP contribution in [-0.2, 0) is 12.3 Å². The highest BCUT2D eigenvalue weighted by atomic mass is 32.2. The lowest BCUT2D eigenvalue weighted by Crippen LogP contribution is -2.01. The van der Waals surface area contributed by atoms with Gasteiger partial charge in [-0.15, -0.1) is 21.5 Å². The summed E-state index contributed by atoms with van der Waals surface area (Å²) in [6.07, 6.45) is 5.15. The first-order valence-corrected chi connectivity index (χ1v) is 9.74. The number of aromatic nitrogens is 5.